The molecule has 0 saturated carbocycles. The summed E-state index contributed by atoms with van der Waals surface area (Å²) in [5.74, 6) is 0. The quantitative estimate of drug-likeness (QED) is 0.640. The van der Waals surface area contributed by atoms with Gasteiger partial charge in [0.05, 0.1) is 4.92 Å². The van der Waals surface area contributed by atoms with Gasteiger partial charge in [0, 0.05) is 32.9 Å². The van der Waals surface area contributed by atoms with Crippen molar-refractivity contribution in [3.63, 3.8) is 0 Å². The van der Waals surface area contributed by atoms with Crippen LogP contribution in [0.5, 0.6) is 0 Å². The normalized spacial score (nSPS) is 11.5. The summed E-state index contributed by atoms with van der Waals surface area (Å²) in [6.45, 7) is 0. The summed E-state index contributed by atoms with van der Waals surface area (Å²) in [5, 5.41) is 13.5. The molecule has 1 rings (SSSR count). The van der Waals surface area contributed by atoms with Crippen molar-refractivity contribution in [1.29, 1.82) is 0 Å². The summed E-state index contributed by atoms with van der Waals surface area (Å²) in [7, 11) is 0.420. The Morgan fingerprint density at radius 1 is 1.35 bits per heavy atom. The summed E-state index contributed by atoms with van der Waals surface area (Å²) in [6.07, 6.45) is 0. The zero-order valence-corrected chi connectivity index (χ0v) is 10.5. The molecule has 7 nitrogen and oxygen atoms in total. The highest BCUT2D eigenvalue weighted by Gasteiger charge is 2.27. The predicted molar refractivity (Wildman–Crippen MR) is 63.5 cm³/mol. The topological polar surface area (TPSA) is 92.5 Å². The van der Waals surface area contributed by atoms with E-state index in [4.69, 9.17) is 0 Å². The Kier molecular flexibility index (Phi) is 3.69. The molecule has 0 amide bonds. The summed E-state index contributed by atoms with van der Waals surface area (Å²) < 4.78 is 24.8. The lowest BCUT2D eigenvalue weighted by molar-refractivity contribution is -0.387. The van der Waals surface area contributed by atoms with E-state index >= 15 is 0 Å². The smallest absolute Gasteiger partial charge is 0.289 e. The second kappa shape index (κ2) is 4.68. The highest BCUT2D eigenvalue weighted by molar-refractivity contribution is 7.89. The predicted octanol–water partition coefficient (Wildman–Crippen LogP) is 0.887. The average molecular weight is 259 g/mol. The number of sulfonamides is 1. The maximum absolute atomic E-state index is 11.9. The fourth-order valence-corrected chi connectivity index (χ4v) is 2.30. The first-order chi connectivity index (χ1) is 7.80. The minimum atomic E-state index is -3.83. The largest absolute Gasteiger partial charge is 0.388 e. The molecule has 0 fully saturated rings. The molecule has 0 atom stereocenters. The summed E-state index contributed by atoms with van der Waals surface area (Å²) >= 11 is 0. The van der Waals surface area contributed by atoms with Gasteiger partial charge in [-0.25, -0.2) is 12.7 Å². The van der Waals surface area contributed by atoms with Crippen molar-refractivity contribution in [3.05, 3.63) is 28.3 Å². The van der Waals surface area contributed by atoms with Crippen LogP contribution in [0.1, 0.15) is 0 Å². The lowest BCUT2D eigenvalue weighted by Crippen LogP contribution is -2.23. The van der Waals surface area contributed by atoms with Crippen molar-refractivity contribution in [3.8, 4) is 0 Å². The Labute approximate surface area is 99.2 Å². The van der Waals surface area contributed by atoms with Crippen molar-refractivity contribution in [2.45, 2.75) is 4.90 Å². The number of anilines is 1. The van der Waals surface area contributed by atoms with Crippen LogP contribution in [0.2, 0.25) is 0 Å². The van der Waals surface area contributed by atoms with Crippen molar-refractivity contribution in [1.82, 2.24) is 4.31 Å². The zero-order chi connectivity index (χ0) is 13.2. The molecule has 0 aliphatic heterocycles. The highest BCUT2D eigenvalue weighted by atomic mass is 32.2. The number of benzene rings is 1. The van der Waals surface area contributed by atoms with Gasteiger partial charge >= 0.3 is 0 Å². The number of nitro benzene ring substituents is 1. The van der Waals surface area contributed by atoms with Crippen molar-refractivity contribution in [2.75, 3.05) is 26.5 Å². The molecule has 0 heterocycles. The second-order valence-corrected chi connectivity index (χ2v) is 5.60. The van der Waals surface area contributed by atoms with Crippen LogP contribution in [-0.2, 0) is 10.0 Å². The Bertz CT molecular complexity index is 539. The van der Waals surface area contributed by atoms with Gasteiger partial charge in [0.2, 0.25) is 10.0 Å². The van der Waals surface area contributed by atoms with E-state index in [-0.39, 0.29) is 4.90 Å². The molecule has 0 aliphatic rings. The maximum Gasteiger partial charge on any atom is 0.289 e. The molecular weight excluding hydrogens is 246 g/mol. The molecule has 0 bridgehead atoms. The third-order valence-electron chi connectivity index (χ3n) is 2.20. The lowest BCUT2D eigenvalue weighted by atomic mass is 10.3. The van der Waals surface area contributed by atoms with Gasteiger partial charge in [0.1, 0.15) is 0 Å². The van der Waals surface area contributed by atoms with Crippen LogP contribution in [0.4, 0.5) is 11.4 Å². The van der Waals surface area contributed by atoms with Gasteiger partial charge in [-0.05, 0) is 12.1 Å². The zero-order valence-electron chi connectivity index (χ0n) is 9.67. The Morgan fingerprint density at radius 2 is 1.94 bits per heavy atom. The standard InChI is InChI=1S/C9H13N3O4S/c1-10-7-4-5-8(12(13)14)9(6-7)17(15,16)11(2)3/h4-6,10H,1-3H3. The van der Waals surface area contributed by atoms with E-state index in [9.17, 15) is 18.5 Å². The number of rotatable bonds is 4. The molecular formula is C9H13N3O4S. The molecule has 0 spiro atoms. The molecule has 0 saturated heterocycles. The first-order valence-electron chi connectivity index (χ1n) is 4.69. The van der Waals surface area contributed by atoms with Gasteiger partial charge in [0.25, 0.3) is 5.69 Å². The van der Waals surface area contributed by atoms with E-state index in [0.717, 1.165) is 4.31 Å². The number of nitrogens with one attached hydrogen (secondary N) is 1. The first-order valence-corrected chi connectivity index (χ1v) is 6.13. The third kappa shape index (κ3) is 2.53. The molecule has 1 N–H and O–H groups in total. The van der Waals surface area contributed by atoms with E-state index in [1.165, 1.54) is 32.3 Å². The number of nitro groups is 1. The van der Waals surface area contributed by atoms with Gasteiger partial charge in [-0.3, -0.25) is 10.1 Å². The van der Waals surface area contributed by atoms with Crippen molar-refractivity contribution < 1.29 is 13.3 Å². The van der Waals surface area contributed by atoms with E-state index in [1.54, 1.807) is 7.05 Å². The summed E-state index contributed by atoms with van der Waals surface area (Å²) in [6, 6.07) is 3.86. The molecule has 17 heavy (non-hydrogen) atoms. The van der Waals surface area contributed by atoms with Crippen molar-refractivity contribution >= 4 is 21.4 Å². The van der Waals surface area contributed by atoms with E-state index in [1.807, 2.05) is 0 Å². The lowest BCUT2D eigenvalue weighted by Gasteiger charge is -2.12. The first kappa shape index (κ1) is 13.4. The van der Waals surface area contributed by atoms with E-state index in [0.29, 0.717) is 5.69 Å². The van der Waals surface area contributed by atoms with Crippen LogP contribution in [0.15, 0.2) is 23.1 Å². The fourth-order valence-electron chi connectivity index (χ4n) is 1.22. The van der Waals surface area contributed by atoms with Gasteiger partial charge in [-0.1, -0.05) is 0 Å². The van der Waals surface area contributed by atoms with Gasteiger partial charge in [0.15, 0.2) is 4.90 Å². The summed E-state index contributed by atoms with van der Waals surface area (Å²) in [4.78, 5) is 9.76. The third-order valence-corrected chi connectivity index (χ3v) is 4.05. The minimum absolute atomic E-state index is 0.320. The number of hydrogen-bond acceptors (Lipinski definition) is 5. The maximum atomic E-state index is 11.9. The monoisotopic (exact) mass is 259 g/mol. The molecule has 0 aromatic heterocycles. The fraction of sp³-hybridized carbons (Fsp3) is 0.333. The van der Waals surface area contributed by atoms with Gasteiger partial charge < -0.3 is 5.32 Å². The molecule has 1 aromatic rings. The SMILES string of the molecule is CNc1ccc([N+](=O)[O-])c(S(=O)(=O)N(C)C)c1. The minimum Gasteiger partial charge on any atom is -0.388 e. The highest BCUT2D eigenvalue weighted by Crippen LogP contribution is 2.28. The molecule has 0 unspecified atom stereocenters. The molecule has 8 heteroatoms. The van der Waals surface area contributed by atoms with Crippen LogP contribution in [-0.4, -0.2) is 38.8 Å². The van der Waals surface area contributed by atoms with Crippen molar-refractivity contribution in [2.24, 2.45) is 0 Å². The summed E-state index contributed by atoms with van der Waals surface area (Å²) in [5.41, 5.74) is 0.0636. The number of nitrogens with zero attached hydrogens (tertiary/aromatic N) is 2. The molecule has 1 aromatic carbocycles. The molecule has 0 aliphatic carbocycles. The Morgan fingerprint density at radius 3 is 2.35 bits per heavy atom. The van der Waals surface area contributed by atoms with Gasteiger partial charge in [-0.2, -0.15) is 0 Å². The average Bonchev–Trinajstić information content (AvgIpc) is 2.27. The number of hydrogen-bond donors (Lipinski definition) is 1. The van der Waals surface area contributed by atoms with Crippen LogP contribution >= 0.6 is 0 Å². The van der Waals surface area contributed by atoms with E-state index < -0.39 is 20.6 Å². The molecule has 0 radical (unpaired) electrons. The van der Waals surface area contributed by atoms with Crippen LogP contribution in [0, 0.1) is 10.1 Å². The van der Waals surface area contributed by atoms with Crippen LogP contribution < -0.4 is 5.32 Å². The van der Waals surface area contributed by atoms with Crippen LogP contribution in [0.3, 0.4) is 0 Å². The Balaban J connectivity index is 3.54. The van der Waals surface area contributed by atoms with Crippen LogP contribution in [0.25, 0.3) is 0 Å². The van der Waals surface area contributed by atoms with E-state index in [2.05, 4.69) is 5.32 Å². The molecule has 94 valence electrons. The van der Waals surface area contributed by atoms with Gasteiger partial charge in [-0.15, -0.1) is 0 Å². The Hall–Kier alpha value is -1.67. The second-order valence-electron chi connectivity index (χ2n) is 3.48.